The summed E-state index contributed by atoms with van der Waals surface area (Å²) in [5.74, 6) is 0. The number of rotatable bonds is 3. The Morgan fingerprint density at radius 2 is 1.18 bits per heavy atom. The van der Waals surface area contributed by atoms with Crippen molar-refractivity contribution in [1.29, 1.82) is 0 Å². The molecule has 0 atom stereocenters. The molecule has 1 aliphatic heterocycles. The molecule has 5 heteroatoms. The Morgan fingerprint density at radius 3 is 1.56 bits per heavy atom. The first kappa shape index (κ1) is 26.6. The normalized spacial score (nSPS) is 13.0. The minimum absolute atomic E-state index is 0.979. The Kier molecular flexibility index (Phi) is 9.08. The monoisotopic (exact) mass is 581 g/mol. The van der Waals surface area contributed by atoms with Gasteiger partial charge >= 0.3 is 85.8 Å². The van der Waals surface area contributed by atoms with Crippen molar-refractivity contribution in [2.75, 3.05) is 13.1 Å². The van der Waals surface area contributed by atoms with Crippen LogP contribution in [-0.4, -0.2) is 32.9 Å². The van der Waals surface area contributed by atoms with Crippen molar-refractivity contribution in [3.8, 4) is 0 Å². The molecule has 0 spiro atoms. The number of benzene rings is 3. The number of hydrogen-bond donors (Lipinski definition) is 0. The standard InChI is InChI=1S/C21H26N2.C8H7.2ClH.Ru/c1-14-9-16(3)20(17(4)10-14)22-7-8-23(13-22)21-18(5)11-15(2)12-19(21)6;1-7-5-3-4-6-8(7)2;;;/h9-12H,7-8H2,1-6H3;1,3-6H,2H2;2*1H;/q+2;-1;;;+2/p-2. The summed E-state index contributed by atoms with van der Waals surface area (Å²) >= 11 is -1.68. The topological polar surface area (TPSA) is 6.02 Å². The van der Waals surface area contributed by atoms with E-state index in [1.54, 1.807) is 0 Å². The molecule has 0 aromatic heterocycles. The van der Waals surface area contributed by atoms with E-state index in [9.17, 15) is 0 Å². The second kappa shape index (κ2) is 11.6. The maximum absolute atomic E-state index is 5.71. The molecular weight excluding hydrogens is 548 g/mol. The first-order chi connectivity index (χ1) is 16.1. The Hall–Kier alpha value is -2.02. The van der Waals surface area contributed by atoms with Crippen LogP contribution in [-0.2, 0) is 13.5 Å². The summed E-state index contributed by atoms with van der Waals surface area (Å²) in [6.45, 7) is 18.9. The van der Waals surface area contributed by atoms with Gasteiger partial charge in [-0.15, -0.1) is 0 Å². The SMILES string of the molecule is Cc1cc(C)c([N+]2=C=[N+](c3c(C)cc(C)cc3C)CC2)c(C)c1.[CH2-]c1ccccc1[CH]=[Ru]([Cl])[Cl]. The molecular formula is C29H33Cl2N2Ru+. The van der Waals surface area contributed by atoms with Crippen molar-refractivity contribution in [3.63, 3.8) is 0 Å². The zero-order valence-corrected chi connectivity index (χ0v) is 24.1. The van der Waals surface area contributed by atoms with E-state index in [-0.39, 0.29) is 0 Å². The molecule has 0 saturated heterocycles. The molecule has 0 N–H and O–H groups in total. The molecule has 3 aromatic carbocycles. The van der Waals surface area contributed by atoms with E-state index in [0.29, 0.717) is 0 Å². The fraction of sp³-hybridized carbons (Fsp3) is 0.276. The van der Waals surface area contributed by atoms with Crippen molar-refractivity contribution in [2.45, 2.75) is 41.5 Å². The zero-order chi connectivity index (χ0) is 25.0. The van der Waals surface area contributed by atoms with Gasteiger partial charge < -0.3 is 0 Å². The molecule has 34 heavy (non-hydrogen) atoms. The summed E-state index contributed by atoms with van der Waals surface area (Å²) in [6, 6.07) is 20.4. The van der Waals surface area contributed by atoms with Crippen molar-refractivity contribution < 1.29 is 22.7 Å². The maximum atomic E-state index is 5.71. The van der Waals surface area contributed by atoms with E-state index in [0.717, 1.165) is 24.2 Å². The zero-order valence-electron chi connectivity index (χ0n) is 20.8. The van der Waals surface area contributed by atoms with Crippen LogP contribution in [0.3, 0.4) is 0 Å². The summed E-state index contributed by atoms with van der Waals surface area (Å²) in [4.78, 5) is 0. The number of nitrogens with zero attached hydrogens (tertiary/aromatic N) is 2. The average Bonchev–Trinajstić information content (AvgIpc) is 3.17. The van der Waals surface area contributed by atoms with Gasteiger partial charge in [0.15, 0.2) is 0 Å². The fourth-order valence-corrected chi connectivity index (χ4v) is 6.56. The Labute approximate surface area is 217 Å². The molecule has 4 rings (SSSR count). The molecule has 0 fully saturated rings. The second-order valence-electron chi connectivity index (χ2n) is 8.90. The summed E-state index contributed by atoms with van der Waals surface area (Å²) < 4.78 is 6.46. The number of halogens is 2. The molecule has 0 amide bonds. The molecule has 1 aliphatic rings. The third-order valence-corrected chi connectivity index (χ3v) is 7.67. The van der Waals surface area contributed by atoms with Crippen molar-refractivity contribution >= 4 is 41.4 Å². The van der Waals surface area contributed by atoms with Crippen LogP contribution in [0.1, 0.15) is 44.5 Å². The van der Waals surface area contributed by atoms with E-state index >= 15 is 0 Å². The second-order valence-corrected chi connectivity index (χ2v) is 14.6. The van der Waals surface area contributed by atoms with Crippen LogP contribution < -0.4 is 0 Å². The van der Waals surface area contributed by atoms with Gasteiger partial charge in [0.1, 0.15) is 0 Å². The Morgan fingerprint density at radius 1 is 0.765 bits per heavy atom. The Balaban J connectivity index is 0.000000248. The van der Waals surface area contributed by atoms with Crippen molar-refractivity contribution in [1.82, 2.24) is 0 Å². The van der Waals surface area contributed by atoms with E-state index in [2.05, 4.69) is 87.9 Å². The van der Waals surface area contributed by atoms with Crippen LogP contribution in [0.5, 0.6) is 0 Å². The van der Waals surface area contributed by atoms with Gasteiger partial charge in [0.2, 0.25) is 24.5 Å². The summed E-state index contributed by atoms with van der Waals surface area (Å²) in [5.41, 5.74) is 12.6. The number of aryl methyl sites for hydroxylation is 6. The third kappa shape index (κ3) is 6.56. The van der Waals surface area contributed by atoms with Crippen LogP contribution in [0, 0.1) is 48.5 Å². The fourth-order valence-electron chi connectivity index (χ4n) is 4.68. The van der Waals surface area contributed by atoms with Crippen molar-refractivity contribution in [2.24, 2.45) is 0 Å². The third-order valence-electron chi connectivity index (χ3n) is 5.84. The van der Waals surface area contributed by atoms with Gasteiger partial charge in [0, 0.05) is 22.3 Å². The van der Waals surface area contributed by atoms with E-state index in [4.69, 9.17) is 19.4 Å². The summed E-state index contributed by atoms with van der Waals surface area (Å²) in [7, 11) is 11.4. The average molecular weight is 582 g/mol. The van der Waals surface area contributed by atoms with Crippen LogP contribution in [0.2, 0.25) is 0 Å². The van der Waals surface area contributed by atoms with E-state index in [1.165, 1.54) is 44.8 Å². The van der Waals surface area contributed by atoms with Crippen LogP contribution in [0.25, 0.3) is 0 Å². The Bertz CT molecular complexity index is 1210. The molecule has 2 nitrogen and oxygen atoms in total. The molecule has 0 unspecified atom stereocenters. The van der Waals surface area contributed by atoms with Gasteiger partial charge in [-0.05, 0) is 65.8 Å². The first-order valence-corrected chi connectivity index (χ1v) is 16.8. The summed E-state index contributed by atoms with van der Waals surface area (Å²) in [6.07, 6.45) is 0. The van der Waals surface area contributed by atoms with Gasteiger partial charge in [-0.3, -0.25) is 0 Å². The van der Waals surface area contributed by atoms with E-state index < -0.39 is 13.5 Å². The molecule has 3 aromatic rings. The predicted molar refractivity (Wildman–Crippen MR) is 144 cm³/mol. The van der Waals surface area contributed by atoms with Crippen LogP contribution >= 0.6 is 19.4 Å². The quantitative estimate of drug-likeness (QED) is 0.170. The van der Waals surface area contributed by atoms with Crippen LogP contribution in [0.4, 0.5) is 11.4 Å². The first-order valence-electron chi connectivity index (χ1n) is 11.3. The van der Waals surface area contributed by atoms with Crippen molar-refractivity contribution in [3.05, 3.63) is 100.0 Å². The van der Waals surface area contributed by atoms with Gasteiger partial charge in [0.25, 0.3) is 0 Å². The van der Waals surface area contributed by atoms with E-state index in [1.807, 2.05) is 28.9 Å². The predicted octanol–water partition coefficient (Wildman–Crippen LogP) is 7.66. The molecule has 180 valence electrons. The molecule has 0 radical (unpaired) electrons. The molecule has 0 saturated carbocycles. The van der Waals surface area contributed by atoms with Gasteiger partial charge in [-0.1, -0.05) is 20.3 Å². The molecule has 1 heterocycles. The van der Waals surface area contributed by atoms with Crippen LogP contribution in [0.15, 0.2) is 48.5 Å². The summed E-state index contributed by atoms with van der Waals surface area (Å²) in [5, 5.41) is 0. The van der Waals surface area contributed by atoms with Gasteiger partial charge in [0.05, 0.1) is 0 Å². The molecule has 0 aliphatic carbocycles. The van der Waals surface area contributed by atoms with Gasteiger partial charge in [-0.2, -0.15) is 0 Å². The molecule has 0 bridgehead atoms. The number of hydrogen-bond acceptors (Lipinski definition) is 0. The van der Waals surface area contributed by atoms with Gasteiger partial charge in [-0.25, -0.2) is 0 Å². The minimum atomic E-state index is -1.68.